The lowest BCUT2D eigenvalue weighted by Crippen LogP contribution is -2.40. The molecule has 2 heterocycles. The molecule has 1 aliphatic rings. The van der Waals surface area contributed by atoms with Crippen LogP contribution >= 0.6 is 11.3 Å². The highest BCUT2D eigenvalue weighted by molar-refractivity contribution is 7.07. The van der Waals surface area contributed by atoms with E-state index in [1.165, 1.54) is 15.9 Å². The van der Waals surface area contributed by atoms with Gasteiger partial charge in [0.05, 0.1) is 49.3 Å². The lowest BCUT2D eigenvalue weighted by molar-refractivity contribution is -0.139. The number of esters is 1. The fourth-order valence-electron chi connectivity index (χ4n) is 4.43. The summed E-state index contributed by atoms with van der Waals surface area (Å²) in [6.07, 6.45) is 3.42. The number of methoxy groups -OCH3 is 2. The Bertz CT molecular complexity index is 1630. The first-order valence-corrected chi connectivity index (χ1v) is 13.6. The Morgan fingerprint density at radius 2 is 1.77 bits per heavy atom. The predicted octanol–water partition coefficient (Wildman–Crippen LogP) is 3.78. The van der Waals surface area contributed by atoms with Crippen molar-refractivity contribution in [3.63, 3.8) is 0 Å². The van der Waals surface area contributed by atoms with Crippen LogP contribution in [0.5, 0.6) is 23.0 Å². The third-order valence-corrected chi connectivity index (χ3v) is 7.15. The number of nitrogens with zero attached hydrogens (tertiary/aromatic N) is 2. The Morgan fingerprint density at radius 1 is 1.02 bits per heavy atom. The molecule has 0 fully saturated rings. The molecule has 9 nitrogen and oxygen atoms in total. The molecule has 0 N–H and O–H groups in total. The summed E-state index contributed by atoms with van der Waals surface area (Å²) in [5.74, 6) is 1.62. The molecule has 0 saturated carbocycles. The summed E-state index contributed by atoms with van der Waals surface area (Å²) in [7, 11) is 3.11. The summed E-state index contributed by atoms with van der Waals surface area (Å²) in [6.45, 7) is 9.97. The highest BCUT2D eigenvalue weighted by atomic mass is 32.1. The number of hydrogen-bond acceptors (Lipinski definition) is 9. The largest absolute Gasteiger partial charge is 0.493 e. The number of hydrogen-bond donors (Lipinski definition) is 0. The molecule has 0 unspecified atom stereocenters. The number of rotatable bonds is 11. The highest BCUT2D eigenvalue weighted by Gasteiger charge is 2.34. The Hall–Kier alpha value is -4.31. The van der Waals surface area contributed by atoms with Crippen LogP contribution in [-0.2, 0) is 9.53 Å². The molecule has 1 aromatic heterocycles. The van der Waals surface area contributed by atoms with E-state index in [4.69, 9.17) is 23.7 Å². The van der Waals surface area contributed by atoms with Gasteiger partial charge in [0, 0.05) is 0 Å². The number of fused-ring (bicyclic) bond motifs is 1. The van der Waals surface area contributed by atoms with Crippen molar-refractivity contribution in [2.75, 3.05) is 34.0 Å². The SMILES string of the molecule is C=CCOc1ccc(C=c2sc3n(c2=O)[C@@H](c2ccc(OC)c(OCC)c2)C(C(=O)OCC)=C(C)N=3)cc1OC. The van der Waals surface area contributed by atoms with Crippen molar-refractivity contribution in [2.45, 2.75) is 26.8 Å². The van der Waals surface area contributed by atoms with Gasteiger partial charge in [-0.25, -0.2) is 9.79 Å². The fraction of sp³-hybridized carbons (Fsp3) is 0.300. The van der Waals surface area contributed by atoms with Gasteiger partial charge in [-0.1, -0.05) is 36.1 Å². The second-order valence-corrected chi connectivity index (χ2v) is 9.66. The van der Waals surface area contributed by atoms with Gasteiger partial charge in [-0.05, 0) is 62.2 Å². The molecule has 0 saturated heterocycles. The van der Waals surface area contributed by atoms with Crippen LogP contribution in [0.3, 0.4) is 0 Å². The maximum atomic E-state index is 13.9. The van der Waals surface area contributed by atoms with E-state index < -0.39 is 12.0 Å². The zero-order chi connectivity index (χ0) is 28.8. The number of carbonyl (C=O) groups is 1. The number of thiazole rings is 1. The van der Waals surface area contributed by atoms with Gasteiger partial charge in [-0.2, -0.15) is 0 Å². The van der Waals surface area contributed by atoms with E-state index in [2.05, 4.69) is 11.6 Å². The van der Waals surface area contributed by atoms with Gasteiger partial charge in [0.2, 0.25) is 0 Å². The Labute approximate surface area is 236 Å². The van der Waals surface area contributed by atoms with Crippen molar-refractivity contribution in [2.24, 2.45) is 4.99 Å². The Kier molecular flexibility index (Phi) is 9.11. The Morgan fingerprint density at radius 3 is 2.45 bits per heavy atom. The van der Waals surface area contributed by atoms with Crippen molar-refractivity contribution in [3.8, 4) is 23.0 Å². The summed E-state index contributed by atoms with van der Waals surface area (Å²) in [4.78, 5) is 32.2. The minimum absolute atomic E-state index is 0.188. The van der Waals surface area contributed by atoms with E-state index in [0.717, 1.165) is 5.56 Å². The molecule has 210 valence electrons. The maximum Gasteiger partial charge on any atom is 0.338 e. The van der Waals surface area contributed by atoms with Crippen molar-refractivity contribution >= 4 is 23.4 Å². The van der Waals surface area contributed by atoms with Crippen molar-refractivity contribution in [3.05, 3.63) is 91.1 Å². The van der Waals surface area contributed by atoms with Gasteiger partial charge in [-0.3, -0.25) is 9.36 Å². The minimum Gasteiger partial charge on any atom is -0.493 e. The minimum atomic E-state index is -0.772. The smallest absolute Gasteiger partial charge is 0.338 e. The zero-order valence-corrected chi connectivity index (χ0v) is 24.0. The molecule has 1 aliphatic heterocycles. The molecule has 0 aliphatic carbocycles. The lowest BCUT2D eigenvalue weighted by atomic mass is 9.95. The van der Waals surface area contributed by atoms with Gasteiger partial charge in [0.15, 0.2) is 27.8 Å². The summed E-state index contributed by atoms with van der Waals surface area (Å²) in [5.41, 5.74) is 1.89. The number of carbonyl (C=O) groups excluding carboxylic acids is 1. The molecular formula is C30H32N2O7S. The van der Waals surface area contributed by atoms with Crippen LogP contribution in [0.4, 0.5) is 0 Å². The molecule has 0 radical (unpaired) electrons. The first-order valence-electron chi connectivity index (χ1n) is 12.8. The van der Waals surface area contributed by atoms with Gasteiger partial charge in [-0.15, -0.1) is 0 Å². The quantitative estimate of drug-likeness (QED) is 0.258. The highest BCUT2D eigenvalue weighted by Crippen LogP contribution is 2.36. The maximum absolute atomic E-state index is 13.9. The van der Waals surface area contributed by atoms with E-state index in [9.17, 15) is 9.59 Å². The number of allylic oxidation sites excluding steroid dienone is 1. The molecule has 2 aromatic carbocycles. The van der Waals surface area contributed by atoms with Gasteiger partial charge < -0.3 is 23.7 Å². The molecule has 1 atom stereocenters. The topological polar surface area (TPSA) is 97.6 Å². The van der Waals surface area contributed by atoms with E-state index in [0.29, 0.717) is 62.4 Å². The zero-order valence-electron chi connectivity index (χ0n) is 23.2. The monoisotopic (exact) mass is 564 g/mol. The second kappa shape index (κ2) is 12.7. The van der Waals surface area contributed by atoms with Crippen LogP contribution in [0.2, 0.25) is 0 Å². The summed E-state index contributed by atoms with van der Waals surface area (Å²) >= 11 is 1.24. The summed E-state index contributed by atoms with van der Waals surface area (Å²) in [5, 5.41) is 0. The Balaban J connectivity index is 1.90. The average Bonchev–Trinajstić information content (AvgIpc) is 3.25. The van der Waals surface area contributed by atoms with Crippen LogP contribution in [0.1, 0.15) is 37.9 Å². The van der Waals surface area contributed by atoms with E-state index in [1.807, 2.05) is 19.1 Å². The molecule has 40 heavy (non-hydrogen) atoms. The fourth-order valence-corrected chi connectivity index (χ4v) is 5.48. The predicted molar refractivity (Wildman–Crippen MR) is 153 cm³/mol. The number of aromatic nitrogens is 1. The van der Waals surface area contributed by atoms with Crippen LogP contribution in [-0.4, -0.2) is 44.6 Å². The molecule has 3 aromatic rings. The summed E-state index contributed by atoms with van der Waals surface area (Å²) < 4.78 is 29.7. The number of benzene rings is 2. The van der Waals surface area contributed by atoms with Crippen LogP contribution < -0.4 is 33.8 Å². The molecule has 4 rings (SSSR count). The van der Waals surface area contributed by atoms with E-state index in [1.54, 1.807) is 64.5 Å². The molecule has 0 amide bonds. The molecule has 10 heteroatoms. The normalized spacial score (nSPS) is 14.7. The van der Waals surface area contributed by atoms with Crippen molar-refractivity contribution < 1.29 is 28.5 Å². The van der Waals surface area contributed by atoms with Crippen LogP contribution in [0.15, 0.2) is 70.1 Å². The molecule has 0 spiro atoms. The lowest BCUT2D eigenvalue weighted by Gasteiger charge is -2.25. The third kappa shape index (κ3) is 5.67. The summed E-state index contributed by atoms with van der Waals surface area (Å²) in [6, 6.07) is 10.0. The van der Waals surface area contributed by atoms with Gasteiger partial charge in [0.25, 0.3) is 5.56 Å². The van der Waals surface area contributed by atoms with E-state index >= 15 is 0 Å². The van der Waals surface area contributed by atoms with Gasteiger partial charge >= 0.3 is 5.97 Å². The van der Waals surface area contributed by atoms with Crippen molar-refractivity contribution in [1.82, 2.24) is 4.57 Å². The van der Waals surface area contributed by atoms with Crippen LogP contribution in [0, 0.1) is 0 Å². The molecule has 0 bridgehead atoms. The van der Waals surface area contributed by atoms with Crippen molar-refractivity contribution in [1.29, 1.82) is 0 Å². The first-order chi connectivity index (χ1) is 19.4. The van der Waals surface area contributed by atoms with Crippen LogP contribution in [0.25, 0.3) is 6.08 Å². The van der Waals surface area contributed by atoms with E-state index in [-0.39, 0.29) is 12.2 Å². The number of ether oxygens (including phenoxy) is 5. The average molecular weight is 565 g/mol. The second-order valence-electron chi connectivity index (χ2n) is 8.66. The third-order valence-electron chi connectivity index (χ3n) is 6.16. The standard InChI is InChI=1S/C30H32N2O7S/c1-7-14-39-22-12-10-19(15-23(22)36-6)16-25-28(33)32-27(20-11-13-21(35-5)24(17-20)37-8-2)26(29(34)38-9-3)18(4)31-30(32)40-25/h7,10-13,15-17,27H,1,8-9,14H2,2-6H3/t27-/m0/s1. The first kappa shape index (κ1) is 28.7. The van der Waals surface area contributed by atoms with Gasteiger partial charge in [0.1, 0.15) is 6.61 Å². The molecular weight excluding hydrogens is 532 g/mol.